The summed E-state index contributed by atoms with van der Waals surface area (Å²) in [5.74, 6) is -0.499. The summed E-state index contributed by atoms with van der Waals surface area (Å²) in [4.78, 5) is 13.8. The quantitative estimate of drug-likeness (QED) is 0.837. The van der Waals surface area contributed by atoms with Crippen LogP contribution in [0, 0.1) is 5.92 Å². The molecular formula is C16H24N2O2. The highest BCUT2D eigenvalue weighted by Gasteiger charge is 2.47. The fourth-order valence-corrected chi connectivity index (χ4v) is 3.35. The van der Waals surface area contributed by atoms with Gasteiger partial charge in [-0.1, -0.05) is 24.6 Å². The maximum Gasteiger partial charge on any atom is 0.324 e. The number of anilines is 1. The third-order valence-corrected chi connectivity index (χ3v) is 4.66. The molecule has 1 fully saturated rings. The molecular weight excluding hydrogens is 252 g/mol. The second kappa shape index (κ2) is 6.27. The Labute approximate surface area is 120 Å². The first kappa shape index (κ1) is 14.9. The molecule has 2 rings (SSSR count). The van der Waals surface area contributed by atoms with Crippen LogP contribution in [-0.2, 0) is 4.79 Å². The minimum atomic E-state index is -0.725. The van der Waals surface area contributed by atoms with Gasteiger partial charge in [-0.2, -0.15) is 0 Å². The molecule has 1 aromatic rings. The van der Waals surface area contributed by atoms with Gasteiger partial charge in [0, 0.05) is 19.3 Å². The summed E-state index contributed by atoms with van der Waals surface area (Å²) in [6, 6.07) is 10.2. The van der Waals surface area contributed by atoms with Gasteiger partial charge in [0.25, 0.3) is 0 Å². The molecule has 2 unspecified atom stereocenters. The van der Waals surface area contributed by atoms with Crippen molar-refractivity contribution in [1.29, 1.82) is 0 Å². The Morgan fingerprint density at radius 2 is 2.15 bits per heavy atom. The molecule has 1 aromatic carbocycles. The Bertz CT molecular complexity index is 449. The number of hydrogen-bond acceptors (Lipinski definition) is 3. The van der Waals surface area contributed by atoms with Gasteiger partial charge in [0.1, 0.15) is 5.54 Å². The van der Waals surface area contributed by atoms with Crippen LogP contribution < -0.4 is 10.2 Å². The van der Waals surface area contributed by atoms with E-state index < -0.39 is 11.5 Å². The first-order valence-corrected chi connectivity index (χ1v) is 7.28. The van der Waals surface area contributed by atoms with Gasteiger partial charge in [-0.25, -0.2) is 0 Å². The molecule has 0 aliphatic heterocycles. The van der Waals surface area contributed by atoms with Crippen molar-refractivity contribution >= 4 is 11.7 Å². The Morgan fingerprint density at radius 1 is 1.45 bits per heavy atom. The topological polar surface area (TPSA) is 52.6 Å². The van der Waals surface area contributed by atoms with Gasteiger partial charge in [0.15, 0.2) is 0 Å². The molecule has 0 bridgehead atoms. The summed E-state index contributed by atoms with van der Waals surface area (Å²) in [5, 5.41) is 12.6. The van der Waals surface area contributed by atoms with Crippen molar-refractivity contribution in [3.8, 4) is 0 Å². The van der Waals surface area contributed by atoms with Gasteiger partial charge in [-0.05, 0) is 44.4 Å². The Kier molecular flexibility index (Phi) is 4.65. The second-order valence-corrected chi connectivity index (χ2v) is 5.66. The molecule has 0 amide bonds. The predicted molar refractivity (Wildman–Crippen MR) is 81.1 cm³/mol. The number of aliphatic carboxylic acids is 1. The molecule has 2 N–H and O–H groups in total. The summed E-state index contributed by atoms with van der Waals surface area (Å²) < 4.78 is 0. The Hall–Kier alpha value is -1.55. The number of nitrogens with zero attached hydrogens (tertiary/aromatic N) is 1. The monoisotopic (exact) mass is 276 g/mol. The van der Waals surface area contributed by atoms with E-state index in [1.165, 1.54) is 5.69 Å². The van der Waals surface area contributed by atoms with Gasteiger partial charge in [-0.3, -0.25) is 4.79 Å². The largest absolute Gasteiger partial charge is 0.480 e. The number of rotatable bonds is 6. The highest BCUT2D eigenvalue weighted by molar-refractivity contribution is 5.79. The van der Waals surface area contributed by atoms with Crippen LogP contribution in [0.3, 0.4) is 0 Å². The molecule has 0 aromatic heterocycles. The van der Waals surface area contributed by atoms with Crippen LogP contribution in [0.1, 0.15) is 25.7 Å². The van der Waals surface area contributed by atoms with Crippen LogP contribution in [0.15, 0.2) is 30.3 Å². The summed E-state index contributed by atoms with van der Waals surface area (Å²) >= 11 is 0. The number of carboxylic acids is 1. The van der Waals surface area contributed by atoms with Crippen molar-refractivity contribution in [3.05, 3.63) is 30.3 Å². The van der Waals surface area contributed by atoms with E-state index in [4.69, 9.17) is 0 Å². The van der Waals surface area contributed by atoms with E-state index in [0.717, 1.165) is 32.2 Å². The fraction of sp³-hybridized carbons (Fsp3) is 0.562. The summed E-state index contributed by atoms with van der Waals surface area (Å²) in [7, 11) is 3.83. The normalized spacial score (nSPS) is 25.6. The maximum atomic E-state index is 11.6. The van der Waals surface area contributed by atoms with Crippen LogP contribution in [0.25, 0.3) is 0 Å². The van der Waals surface area contributed by atoms with E-state index in [2.05, 4.69) is 29.4 Å². The lowest BCUT2D eigenvalue weighted by Gasteiger charge is -2.32. The first-order chi connectivity index (χ1) is 9.60. The second-order valence-electron chi connectivity index (χ2n) is 5.66. The van der Waals surface area contributed by atoms with Crippen LogP contribution in [-0.4, -0.2) is 37.3 Å². The molecule has 1 aliphatic rings. The highest BCUT2D eigenvalue weighted by Crippen LogP contribution is 2.38. The predicted octanol–water partition coefficient (Wildman–Crippen LogP) is 2.36. The number of likely N-dealkylation sites (N-methyl/N-ethyl adjacent to an activating group) is 1. The molecule has 0 radical (unpaired) electrons. The molecule has 20 heavy (non-hydrogen) atoms. The van der Waals surface area contributed by atoms with Gasteiger partial charge in [-0.15, -0.1) is 0 Å². The molecule has 110 valence electrons. The summed E-state index contributed by atoms with van der Waals surface area (Å²) in [6.45, 7) is 0.880. The maximum absolute atomic E-state index is 11.6. The van der Waals surface area contributed by atoms with Crippen LogP contribution in [0.4, 0.5) is 5.69 Å². The Morgan fingerprint density at radius 3 is 2.75 bits per heavy atom. The molecule has 4 nitrogen and oxygen atoms in total. The van der Waals surface area contributed by atoms with E-state index in [-0.39, 0.29) is 5.92 Å². The Balaban J connectivity index is 1.98. The summed E-state index contributed by atoms with van der Waals surface area (Å²) in [6.07, 6.45) is 3.62. The molecule has 0 heterocycles. The van der Waals surface area contributed by atoms with Gasteiger partial charge < -0.3 is 15.3 Å². The molecule has 0 saturated heterocycles. The zero-order chi connectivity index (χ0) is 14.6. The fourth-order valence-electron chi connectivity index (χ4n) is 3.35. The van der Waals surface area contributed by atoms with E-state index in [0.29, 0.717) is 0 Å². The number of benzene rings is 1. The van der Waals surface area contributed by atoms with Crippen molar-refractivity contribution in [2.75, 3.05) is 25.5 Å². The van der Waals surface area contributed by atoms with Crippen LogP contribution >= 0.6 is 0 Å². The van der Waals surface area contributed by atoms with Crippen molar-refractivity contribution in [1.82, 2.24) is 5.32 Å². The lowest BCUT2D eigenvalue weighted by Crippen LogP contribution is -2.53. The van der Waals surface area contributed by atoms with Crippen molar-refractivity contribution < 1.29 is 9.90 Å². The van der Waals surface area contributed by atoms with Gasteiger partial charge in [0.2, 0.25) is 0 Å². The third kappa shape index (κ3) is 2.80. The average Bonchev–Trinajstić information content (AvgIpc) is 2.90. The van der Waals surface area contributed by atoms with Crippen molar-refractivity contribution in [2.45, 2.75) is 31.2 Å². The van der Waals surface area contributed by atoms with Crippen LogP contribution in [0.5, 0.6) is 0 Å². The van der Waals surface area contributed by atoms with E-state index in [1.807, 2.05) is 18.2 Å². The highest BCUT2D eigenvalue weighted by atomic mass is 16.4. The molecule has 1 aliphatic carbocycles. The minimum Gasteiger partial charge on any atom is -0.480 e. The third-order valence-electron chi connectivity index (χ3n) is 4.66. The minimum absolute atomic E-state index is 0.205. The van der Waals surface area contributed by atoms with Gasteiger partial charge >= 0.3 is 5.97 Å². The van der Waals surface area contributed by atoms with E-state index in [9.17, 15) is 9.90 Å². The van der Waals surface area contributed by atoms with Gasteiger partial charge in [0.05, 0.1) is 0 Å². The number of para-hydroxylation sites is 1. The zero-order valence-corrected chi connectivity index (χ0v) is 12.3. The lowest BCUT2D eigenvalue weighted by molar-refractivity contribution is -0.146. The number of hydrogen-bond donors (Lipinski definition) is 2. The van der Waals surface area contributed by atoms with E-state index >= 15 is 0 Å². The van der Waals surface area contributed by atoms with Crippen molar-refractivity contribution in [3.63, 3.8) is 0 Å². The van der Waals surface area contributed by atoms with E-state index in [1.54, 1.807) is 7.05 Å². The molecule has 1 saturated carbocycles. The molecule has 2 atom stereocenters. The summed E-state index contributed by atoms with van der Waals surface area (Å²) in [5.41, 5.74) is 0.452. The lowest BCUT2D eigenvalue weighted by atomic mass is 9.84. The number of nitrogens with one attached hydrogen (secondary N) is 1. The zero-order valence-electron chi connectivity index (χ0n) is 12.3. The standard InChI is InChI=1S/C16H24N2O2/c1-17-16(15(19)20)11-6-7-13(16)10-12-18(2)14-8-4-3-5-9-14/h3-5,8-9,13,17H,6-7,10-12H2,1-2H3,(H,19,20). The number of carbonyl (C=O) groups is 1. The van der Waals surface area contributed by atoms with Crippen molar-refractivity contribution in [2.24, 2.45) is 5.92 Å². The van der Waals surface area contributed by atoms with Crippen LogP contribution in [0.2, 0.25) is 0 Å². The smallest absolute Gasteiger partial charge is 0.324 e. The first-order valence-electron chi connectivity index (χ1n) is 7.28. The average molecular weight is 276 g/mol. The molecule has 0 spiro atoms. The number of carboxylic acid groups (broad SMARTS) is 1. The molecule has 4 heteroatoms. The SMILES string of the molecule is CNC1(C(=O)O)CCCC1CCN(C)c1ccccc1.